The van der Waals surface area contributed by atoms with Crippen molar-refractivity contribution in [1.82, 2.24) is 0 Å². The topological polar surface area (TPSA) is 55.1 Å². The molecule has 6 heteroatoms. The average Bonchev–Trinajstić information content (AvgIpc) is 2.35. The smallest absolute Gasteiger partial charge is 0.258 e. The van der Waals surface area contributed by atoms with Gasteiger partial charge in [0, 0.05) is 17.8 Å². The third-order valence-corrected chi connectivity index (χ3v) is 2.77. The number of carbonyl (C=O) groups excluding carboxylic acids is 1. The molecule has 0 radical (unpaired) electrons. The van der Waals surface area contributed by atoms with Gasteiger partial charge in [-0.15, -0.1) is 0 Å². The molecule has 0 spiro atoms. The zero-order valence-electron chi connectivity index (χ0n) is 10.5. The van der Waals surface area contributed by atoms with E-state index in [2.05, 4.69) is 5.32 Å². The molecule has 104 valence electrons. The Kier molecular flexibility index (Phi) is 3.65. The van der Waals surface area contributed by atoms with Crippen LogP contribution in [0.1, 0.15) is 15.9 Å². The number of nitrogens with two attached hydrogens (primary N) is 1. The predicted octanol–water partition coefficient (Wildman–Crippen LogP) is 3.25. The van der Waals surface area contributed by atoms with Crippen LogP contribution in [0, 0.1) is 24.4 Å². The van der Waals surface area contributed by atoms with Crippen LogP contribution in [-0.4, -0.2) is 5.91 Å². The molecular formula is C14H11F3N2O. The lowest BCUT2D eigenvalue weighted by Crippen LogP contribution is -2.17. The summed E-state index contributed by atoms with van der Waals surface area (Å²) >= 11 is 0. The van der Waals surface area contributed by atoms with Gasteiger partial charge in [0.1, 0.15) is 5.82 Å². The Labute approximate surface area is 113 Å². The second-order valence-electron chi connectivity index (χ2n) is 4.24. The van der Waals surface area contributed by atoms with E-state index in [1.165, 1.54) is 6.07 Å². The molecular weight excluding hydrogens is 269 g/mol. The van der Waals surface area contributed by atoms with E-state index in [0.29, 0.717) is 17.7 Å². The molecule has 0 aliphatic rings. The minimum atomic E-state index is -1.38. The van der Waals surface area contributed by atoms with Crippen molar-refractivity contribution in [2.75, 3.05) is 11.1 Å². The molecule has 0 unspecified atom stereocenters. The third-order valence-electron chi connectivity index (χ3n) is 2.77. The molecule has 2 rings (SSSR count). The molecule has 0 aliphatic heterocycles. The number of carbonyl (C=O) groups is 1. The van der Waals surface area contributed by atoms with Crippen LogP contribution in [0.2, 0.25) is 0 Å². The highest BCUT2D eigenvalue weighted by Crippen LogP contribution is 2.22. The molecule has 20 heavy (non-hydrogen) atoms. The van der Waals surface area contributed by atoms with Gasteiger partial charge in [0.05, 0.1) is 11.3 Å². The van der Waals surface area contributed by atoms with Crippen molar-refractivity contribution < 1.29 is 18.0 Å². The maximum absolute atomic E-state index is 13.5. The van der Waals surface area contributed by atoms with Crippen LogP contribution < -0.4 is 11.1 Å². The largest absolute Gasteiger partial charge is 0.398 e. The zero-order valence-corrected chi connectivity index (χ0v) is 10.5. The van der Waals surface area contributed by atoms with Crippen molar-refractivity contribution in [3.8, 4) is 0 Å². The van der Waals surface area contributed by atoms with Crippen molar-refractivity contribution in [3.05, 3.63) is 58.9 Å². The maximum Gasteiger partial charge on any atom is 0.258 e. The van der Waals surface area contributed by atoms with E-state index in [1.54, 1.807) is 19.1 Å². The summed E-state index contributed by atoms with van der Waals surface area (Å²) in [6, 6.07) is 5.90. The van der Waals surface area contributed by atoms with Crippen molar-refractivity contribution in [2.45, 2.75) is 6.92 Å². The first-order valence-corrected chi connectivity index (χ1v) is 5.71. The van der Waals surface area contributed by atoms with E-state index in [4.69, 9.17) is 5.73 Å². The zero-order chi connectivity index (χ0) is 14.9. The first-order chi connectivity index (χ1) is 9.40. The average molecular weight is 280 g/mol. The fourth-order valence-electron chi connectivity index (χ4n) is 1.83. The molecule has 2 aromatic carbocycles. The quantitative estimate of drug-likeness (QED) is 0.655. The van der Waals surface area contributed by atoms with Gasteiger partial charge >= 0.3 is 0 Å². The van der Waals surface area contributed by atoms with E-state index < -0.39 is 29.0 Å². The second-order valence-corrected chi connectivity index (χ2v) is 4.24. The van der Waals surface area contributed by atoms with Gasteiger partial charge in [-0.05, 0) is 18.6 Å². The number of amides is 1. The normalized spacial score (nSPS) is 10.4. The van der Waals surface area contributed by atoms with Crippen LogP contribution in [0.5, 0.6) is 0 Å². The van der Waals surface area contributed by atoms with Crippen molar-refractivity contribution >= 4 is 17.3 Å². The number of anilines is 2. The molecule has 0 aliphatic carbocycles. The highest BCUT2D eigenvalue weighted by molar-refractivity contribution is 6.08. The molecule has 2 aromatic rings. The number of rotatable bonds is 2. The van der Waals surface area contributed by atoms with E-state index >= 15 is 0 Å². The summed E-state index contributed by atoms with van der Waals surface area (Å²) in [4.78, 5) is 12.0. The third kappa shape index (κ3) is 2.59. The van der Waals surface area contributed by atoms with Gasteiger partial charge < -0.3 is 11.1 Å². The molecule has 0 atom stereocenters. The number of hydrogen-bond acceptors (Lipinski definition) is 2. The van der Waals surface area contributed by atoms with Gasteiger partial charge in [0.15, 0.2) is 11.6 Å². The first kappa shape index (κ1) is 13.9. The molecule has 0 aromatic heterocycles. The minimum Gasteiger partial charge on any atom is -0.398 e. The summed E-state index contributed by atoms with van der Waals surface area (Å²) in [6.45, 7) is 1.65. The molecule has 0 saturated carbocycles. The molecule has 1 amide bonds. The summed E-state index contributed by atoms with van der Waals surface area (Å²) in [5.74, 6) is -4.42. The summed E-state index contributed by atoms with van der Waals surface area (Å²) in [7, 11) is 0. The highest BCUT2D eigenvalue weighted by Gasteiger charge is 2.17. The van der Waals surface area contributed by atoms with Crippen LogP contribution in [0.15, 0.2) is 30.3 Å². The number of halogens is 3. The van der Waals surface area contributed by atoms with Gasteiger partial charge in [-0.3, -0.25) is 4.79 Å². The first-order valence-electron chi connectivity index (χ1n) is 5.71. The lowest BCUT2D eigenvalue weighted by molar-refractivity contribution is 0.102. The molecule has 0 bridgehead atoms. The predicted molar refractivity (Wildman–Crippen MR) is 69.9 cm³/mol. The Hall–Kier alpha value is -2.50. The van der Waals surface area contributed by atoms with Crippen molar-refractivity contribution in [3.63, 3.8) is 0 Å². The number of nitrogens with one attached hydrogen (secondary N) is 1. The summed E-state index contributed by atoms with van der Waals surface area (Å²) in [5.41, 5.74) is 6.00. The Morgan fingerprint density at radius 1 is 1.20 bits per heavy atom. The molecule has 3 N–H and O–H groups in total. The molecule has 0 fully saturated rings. The molecule has 0 heterocycles. The molecule has 0 saturated heterocycles. The van der Waals surface area contributed by atoms with Gasteiger partial charge in [-0.25, -0.2) is 13.2 Å². The monoisotopic (exact) mass is 280 g/mol. The molecule has 3 nitrogen and oxygen atoms in total. The van der Waals surface area contributed by atoms with E-state index in [0.717, 1.165) is 0 Å². The summed E-state index contributed by atoms with van der Waals surface area (Å²) in [6.07, 6.45) is 0. The summed E-state index contributed by atoms with van der Waals surface area (Å²) in [5, 5.41) is 2.12. The number of hydrogen-bond donors (Lipinski definition) is 2. The summed E-state index contributed by atoms with van der Waals surface area (Å²) < 4.78 is 39.6. The van der Waals surface area contributed by atoms with E-state index in [9.17, 15) is 18.0 Å². The van der Waals surface area contributed by atoms with Crippen LogP contribution in [-0.2, 0) is 0 Å². The van der Waals surface area contributed by atoms with Crippen molar-refractivity contribution in [1.29, 1.82) is 0 Å². The van der Waals surface area contributed by atoms with Crippen LogP contribution in [0.3, 0.4) is 0 Å². The SMILES string of the molecule is Cc1cccc(N)c1C(=O)Nc1cc(F)cc(F)c1F. The standard InChI is InChI=1S/C14H11F3N2O/c1-7-3-2-4-10(18)12(7)14(20)19-11-6-8(15)5-9(16)13(11)17/h2-6H,18H2,1H3,(H,19,20). The highest BCUT2D eigenvalue weighted by atomic mass is 19.2. The van der Waals surface area contributed by atoms with Crippen LogP contribution in [0.25, 0.3) is 0 Å². The van der Waals surface area contributed by atoms with Crippen LogP contribution in [0.4, 0.5) is 24.5 Å². The Bertz CT molecular complexity index is 666. The number of nitrogen functional groups attached to an aromatic ring is 1. The van der Waals surface area contributed by atoms with E-state index in [-0.39, 0.29) is 11.3 Å². The lowest BCUT2D eigenvalue weighted by Gasteiger charge is -2.11. The van der Waals surface area contributed by atoms with Crippen LogP contribution >= 0.6 is 0 Å². The maximum atomic E-state index is 13.5. The number of aryl methyl sites for hydroxylation is 1. The Balaban J connectivity index is 2.38. The van der Waals surface area contributed by atoms with E-state index in [1.807, 2.05) is 0 Å². The number of benzene rings is 2. The minimum absolute atomic E-state index is 0.136. The van der Waals surface area contributed by atoms with Gasteiger partial charge in [-0.1, -0.05) is 12.1 Å². The lowest BCUT2D eigenvalue weighted by atomic mass is 10.1. The fourth-order valence-corrected chi connectivity index (χ4v) is 1.83. The Morgan fingerprint density at radius 2 is 1.90 bits per heavy atom. The van der Waals surface area contributed by atoms with Crippen molar-refractivity contribution in [2.24, 2.45) is 0 Å². The second kappa shape index (κ2) is 5.24. The van der Waals surface area contributed by atoms with Gasteiger partial charge in [-0.2, -0.15) is 0 Å². The fraction of sp³-hybridized carbons (Fsp3) is 0.0714. The van der Waals surface area contributed by atoms with Gasteiger partial charge in [0.2, 0.25) is 0 Å². The Morgan fingerprint density at radius 3 is 2.55 bits per heavy atom. The van der Waals surface area contributed by atoms with Gasteiger partial charge in [0.25, 0.3) is 5.91 Å².